The SMILES string of the molecule is COC(=O)C(Cc1cccc(Cl)c1)ON1C(=O)c2ccccc2C1=O. The zero-order valence-corrected chi connectivity index (χ0v) is 14.0. The van der Waals surface area contributed by atoms with Crippen molar-refractivity contribution in [1.82, 2.24) is 5.06 Å². The lowest BCUT2D eigenvalue weighted by molar-refractivity contribution is -0.177. The van der Waals surface area contributed by atoms with Crippen molar-refractivity contribution in [2.24, 2.45) is 0 Å². The number of halogens is 1. The molecule has 0 fully saturated rings. The Kier molecular flexibility index (Phi) is 4.83. The summed E-state index contributed by atoms with van der Waals surface area (Å²) in [5.41, 5.74) is 1.18. The molecule has 2 aromatic rings. The smallest absolute Gasteiger partial charge is 0.338 e. The molecule has 0 saturated heterocycles. The summed E-state index contributed by atoms with van der Waals surface area (Å²) in [7, 11) is 1.21. The van der Waals surface area contributed by atoms with Gasteiger partial charge in [-0.1, -0.05) is 35.9 Å². The van der Waals surface area contributed by atoms with Crippen LogP contribution in [-0.4, -0.2) is 36.1 Å². The van der Waals surface area contributed by atoms with Crippen molar-refractivity contribution in [2.75, 3.05) is 7.11 Å². The van der Waals surface area contributed by atoms with Crippen molar-refractivity contribution >= 4 is 29.4 Å². The summed E-state index contributed by atoms with van der Waals surface area (Å²) in [6.45, 7) is 0. The Labute approximate surface area is 148 Å². The lowest BCUT2D eigenvalue weighted by Gasteiger charge is -2.20. The summed E-state index contributed by atoms with van der Waals surface area (Å²) in [5.74, 6) is -1.92. The number of benzene rings is 2. The van der Waals surface area contributed by atoms with Crippen LogP contribution in [0, 0.1) is 0 Å². The number of fused-ring (bicyclic) bond motifs is 1. The Bertz CT molecular complexity index is 816. The average Bonchev–Trinajstić information content (AvgIpc) is 2.86. The number of carbonyl (C=O) groups excluding carboxylic acids is 3. The maximum atomic E-state index is 12.4. The Morgan fingerprint density at radius 2 is 1.72 bits per heavy atom. The maximum Gasteiger partial charge on any atom is 0.338 e. The van der Waals surface area contributed by atoms with Crippen LogP contribution < -0.4 is 0 Å². The fourth-order valence-corrected chi connectivity index (χ4v) is 2.78. The van der Waals surface area contributed by atoms with Crippen molar-refractivity contribution in [3.63, 3.8) is 0 Å². The van der Waals surface area contributed by atoms with Crippen molar-refractivity contribution in [1.29, 1.82) is 0 Å². The van der Waals surface area contributed by atoms with Crippen molar-refractivity contribution < 1.29 is 24.0 Å². The molecule has 1 unspecified atom stereocenters. The normalized spacial score (nSPS) is 14.4. The topological polar surface area (TPSA) is 72.9 Å². The molecule has 0 N–H and O–H groups in total. The number of methoxy groups -OCH3 is 1. The lowest BCUT2D eigenvalue weighted by atomic mass is 10.1. The lowest BCUT2D eigenvalue weighted by Crippen LogP contribution is -2.39. The van der Waals surface area contributed by atoms with E-state index in [1.54, 1.807) is 36.4 Å². The molecule has 25 heavy (non-hydrogen) atoms. The Balaban J connectivity index is 1.83. The first-order valence-corrected chi connectivity index (χ1v) is 7.86. The van der Waals surface area contributed by atoms with Crippen LogP contribution in [0.4, 0.5) is 0 Å². The number of imide groups is 1. The fourth-order valence-electron chi connectivity index (χ4n) is 2.56. The van der Waals surface area contributed by atoms with Gasteiger partial charge in [-0.05, 0) is 29.8 Å². The third-order valence-corrected chi connectivity index (χ3v) is 4.00. The van der Waals surface area contributed by atoms with Crippen LogP contribution in [-0.2, 0) is 20.8 Å². The van der Waals surface area contributed by atoms with Crippen LogP contribution in [0.25, 0.3) is 0 Å². The molecule has 1 atom stereocenters. The number of hydrogen-bond acceptors (Lipinski definition) is 5. The van der Waals surface area contributed by atoms with E-state index in [9.17, 15) is 14.4 Å². The summed E-state index contributed by atoms with van der Waals surface area (Å²) in [4.78, 5) is 42.2. The minimum absolute atomic E-state index is 0.0979. The number of carbonyl (C=O) groups is 3. The predicted molar refractivity (Wildman–Crippen MR) is 89.0 cm³/mol. The van der Waals surface area contributed by atoms with Crippen LogP contribution in [0.2, 0.25) is 5.02 Å². The van der Waals surface area contributed by atoms with Gasteiger partial charge in [0.25, 0.3) is 11.8 Å². The van der Waals surface area contributed by atoms with Crippen LogP contribution in [0.3, 0.4) is 0 Å². The summed E-state index contributed by atoms with van der Waals surface area (Å²) in [6, 6.07) is 13.2. The number of nitrogens with zero attached hydrogens (tertiary/aromatic N) is 1. The summed E-state index contributed by atoms with van der Waals surface area (Å²) in [5, 5.41) is 1.11. The first kappa shape index (κ1) is 17.1. The number of ether oxygens (including phenoxy) is 1. The van der Waals surface area contributed by atoms with E-state index < -0.39 is 23.9 Å². The van der Waals surface area contributed by atoms with E-state index >= 15 is 0 Å². The molecule has 1 aliphatic heterocycles. The van der Waals surface area contributed by atoms with E-state index in [4.69, 9.17) is 21.2 Å². The Morgan fingerprint density at radius 3 is 2.28 bits per heavy atom. The molecular weight excluding hydrogens is 346 g/mol. The number of hydroxylamine groups is 2. The minimum atomic E-state index is -1.16. The van der Waals surface area contributed by atoms with Gasteiger partial charge in [-0.25, -0.2) is 9.63 Å². The minimum Gasteiger partial charge on any atom is -0.467 e. The first-order valence-electron chi connectivity index (χ1n) is 7.48. The largest absolute Gasteiger partial charge is 0.467 e. The Morgan fingerprint density at radius 1 is 1.08 bits per heavy atom. The van der Waals surface area contributed by atoms with Gasteiger partial charge in [0.15, 0.2) is 6.10 Å². The fraction of sp³-hybridized carbons (Fsp3) is 0.167. The Hall–Kier alpha value is -2.70. The molecule has 0 spiro atoms. The number of rotatable bonds is 5. The highest BCUT2D eigenvalue weighted by Gasteiger charge is 2.39. The van der Waals surface area contributed by atoms with Gasteiger partial charge in [-0.2, -0.15) is 0 Å². The van der Waals surface area contributed by atoms with E-state index in [-0.39, 0.29) is 17.5 Å². The summed E-state index contributed by atoms with van der Waals surface area (Å²) in [6.07, 6.45) is -1.06. The molecule has 128 valence electrons. The standard InChI is InChI=1S/C18H14ClNO5/c1-24-18(23)15(10-11-5-4-6-12(19)9-11)25-20-16(21)13-7-2-3-8-14(13)17(20)22/h2-9,15H,10H2,1H3. The molecular formula is C18H14ClNO5. The average molecular weight is 360 g/mol. The number of esters is 1. The van der Waals surface area contributed by atoms with Crippen LogP contribution in [0.1, 0.15) is 26.3 Å². The van der Waals surface area contributed by atoms with Gasteiger partial charge in [0.2, 0.25) is 0 Å². The highest BCUT2D eigenvalue weighted by molar-refractivity contribution is 6.30. The molecule has 0 aliphatic carbocycles. The van der Waals surface area contributed by atoms with E-state index in [1.165, 1.54) is 19.2 Å². The monoisotopic (exact) mass is 359 g/mol. The molecule has 2 amide bonds. The third kappa shape index (κ3) is 3.40. The van der Waals surface area contributed by atoms with Crippen LogP contribution in [0.5, 0.6) is 0 Å². The molecule has 7 heteroatoms. The van der Waals surface area contributed by atoms with Gasteiger partial charge < -0.3 is 4.74 Å². The van der Waals surface area contributed by atoms with Gasteiger partial charge in [-0.3, -0.25) is 9.59 Å². The summed E-state index contributed by atoms with van der Waals surface area (Å²) >= 11 is 5.94. The third-order valence-electron chi connectivity index (χ3n) is 3.76. The molecule has 0 aromatic heterocycles. The highest BCUT2D eigenvalue weighted by Crippen LogP contribution is 2.24. The van der Waals surface area contributed by atoms with Gasteiger partial charge >= 0.3 is 5.97 Å². The zero-order valence-electron chi connectivity index (χ0n) is 13.3. The number of amides is 2. The molecule has 6 nitrogen and oxygen atoms in total. The molecule has 1 heterocycles. The maximum absolute atomic E-state index is 12.4. The van der Waals surface area contributed by atoms with Crippen LogP contribution in [0.15, 0.2) is 48.5 Å². The molecule has 0 bridgehead atoms. The van der Waals surface area contributed by atoms with Gasteiger partial charge in [-0.15, -0.1) is 5.06 Å². The molecule has 3 rings (SSSR count). The molecule has 0 radical (unpaired) electrons. The first-order chi connectivity index (χ1) is 12.0. The predicted octanol–water partition coefficient (Wildman–Crippen LogP) is 2.65. The molecule has 0 saturated carbocycles. The molecule has 2 aromatic carbocycles. The second kappa shape index (κ2) is 7.04. The quantitative estimate of drug-likeness (QED) is 0.606. The highest BCUT2D eigenvalue weighted by atomic mass is 35.5. The summed E-state index contributed by atoms with van der Waals surface area (Å²) < 4.78 is 4.73. The van der Waals surface area contributed by atoms with Gasteiger partial charge in [0.05, 0.1) is 18.2 Å². The second-order valence-corrected chi connectivity index (χ2v) is 5.84. The van der Waals surface area contributed by atoms with Crippen LogP contribution >= 0.6 is 11.6 Å². The van der Waals surface area contributed by atoms with Gasteiger partial charge in [0, 0.05) is 11.4 Å². The molecule has 1 aliphatic rings. The van der Waals surface area contributed by atoms with Gasteiger partial charge in [0.1, 0.15) is 0 Å². The number of hydrogen-bond donors (Lipinski definition) is 0. The van der Waals surface area contributed by atoms with E-state index in [0.29, 0.717) is 15.6 Å². The second-order valence-electron chi connectivity index (χ2n) is 5.40. The van der Waals surface area contributed by atoms with Crippen molar-refractivity contribution in [3.05, 3.63) is 70.2 Å². The van der Waals surface area contributed by atoms with E-state index in [2.05, 4.69) is 0 Å². The van der Waals surface area contributed by atoms with Crippen molar-refractivity contribution in [3.8, 4) is 0 Å². The zero-order chi connectivity index (χ0) is 18.0. The van der Waals surface area contributed by atoms with Crippen molar-refractivity contribution in [2.45, 2.75) is 12.5 Å². The van der Waals surface area contributed by atoms with E-state index in [1.807, 2.05) is 0 Å². The van der Waals surface area contributed by atoms with E-state index in [0.717, 1.165) is 0 Å².